The standard InChI is InChI=1S/C12H26N2O/c1-10(2)13-6-4-7-14-8-5-11(3)12(14)9-15/h10-13,15H,4-9H2,1-3H3. The Labute approximate surface area is 93.9 Å². The van der Waals surface area contributed by atoms with E-state index in [4.69, 9.17) is 0 Å². The second-order valence-corrected chi connectivity index (χ2v) is 5.01. The smallest absolute Gasteiger partial charge is 0.0589 e. The summed E-state index contributed by atoms with van der Waals surface area (Å²) in [6, 6.07) is 0.986. The number of aliphatic hydroxyl groups excluding tert-OH is 1. The fourth-order valence-corrected chi connectivity index (χ4v) is 2.33. The lowest BCUT2D eigenvalue weighted by atomic mass is 10.0. The number of hydrogen-bond acceptors (Lipinski definition) is 3. The lowest BCUT2D eigenvalue weighted by Gasteiger charge is -2.25. The molecular formula is C12H26N2O. The van der Waals surface area contributed by atoms with Crippen molar-refractivity contribution in [1.82, 2.24) is 10.2 Å². The number of nitrogens with zero attached hydrogens (tertiary/aromatic N) is 1. The van der Waals surface area contributed by atoms with Crippen LogP contribution in [0.5, 0.6) is 0 Å². The number of hydrogen-bond donors (Lipinski definition) is 2. The van der Waals surface area contributed by atoms with Crippen LogP contribution < -0.4 is 5.32 Å². The van der Waals surface area contributed by atoms with Crippen molar-refractivity contribution >= 4 is 0 Å². The molecule has 15 heavy (non-hydrogen) atoms. The predicted octanol–water partition coefficient (Wildman–Crippen LogP) is 1.08. The van der Waals surface area contributed by atoms with E-state index >= 15 is 0 Å². The third-order valence-electron chi connectivity index (χ3n) is 3.36. The molecule has 2 N–H and O–H groups in total. The Balaban J connectivity index is 2.15. The quantitative estimate of drug-likeness (QED) is 0.649. The molecule has 0 aliphatic carbocycles. The zero-order valence-electron chi connectivity index (χ0n) is 10.4. The fourth-order valence-electron chi connectivity index (χ4n) is 2.33. The maximum atomic E-state index is 9.29. The first-order valence-corrected chi connectivity index (χ1v) is 6.23. The highest BCUT2D eigenvalue weighted by atomic mass is 16.3. The van der Waals surface area contributed by atoms with Gasteiger partial charge in [-0.25, -0.2) is 0 Å². The maximum Gasteiger partial charge on any atom is 0.0589 e. The van der Waals surface area contributed by atoms with Crippen LogP contribution in [0.3, 0.4) is 0 Å². The SMILES string of the molecule is CC(C)NCCCN1CCC(C)C1CO. The van der Waals surface area contributed by atoms with E-state index in [0.29, 0.717) is 24.6 Å². The maximum absolute atomic E-state index is 9.29. The minimum absolute atomic E-state index is 0.318. The first-order chi connectivity index (χ1) is 7.15. The van der Waals surface area contributed by atoms with Crippen molar-refractivity contribution in [2.24, 2.45) is 5.92 Å². The Bertz CT molecular complexity index is 173. The van der Waals surface area contributed by atoms with Crippen LogP contribution in [0.2, 0.25) is 0 Å². The molecule has 3 nitrogen and oxygen atoms in total. The second-order valence-electron chi connectivity index (χ2n) is 5.01. The molecule has 0 amide bonds. The van der Waals surface area contributed by atoms with Gasteiger partial charge in [-0.1, -0.05) is 20.8 Å². The van der Waals surface area contributed by atoms with Crippen LogP contribution in [0.25, 0.3) is 0 Å². The molecule has 1 heterocycles. The lowest BCUT2D eigenvalue weighted by Crippen LogP contribution is -2.37. The number of rotatable bonds is 6. The van der Waals surface area contributed by atoms with Gasteiger partial charge in [0.05, 0.1) is 6.61 Å². The summed E-state index contributed by atoms with van der Waals surface area (Å²) in [6.07, 6.45) is 2.42. The molecule has 0 spiro atoms. The molecular weight excluding hydrogens is 188 g/mol. The highest BCUT2D eigenvalue weighted by Crippen LogP contribution is 2.23. The van der Waals surface area contributed by atoms with Gasteiger partial charge in [0.2, 0.25) is 0 Å². The number of nitrogens with one attached hydrogen (secondary N) is 1. The molecule has 2 unspecified atom stereocenters. The minimum atomic E-state index is 0.318. The van der Waals surface area contributed by atoms with Gasteiger partial charge in [0, 0.05) is 12.1 Å². The minimum Gasteiger partial charge on any atom is -0.395 e. The summed E-state index contributed by atoms with van der Waals surface area (Å²) in [5, 5.41) is 12.7. The van der Waals surface area contributed by atoms with E-state index in [1.165, 1.54) is 12.8 Å². The Morgan fingerprint density at radius 1 is 1.47 bits per heavy atom. The van der Waals surface area contributed by atoms with Gasteiger partial charge in [-0.05, 0) is 38.4 Å². The molecule has 1 aliphatic heterocycles. The van der Waals surface area contributed by atoms with Crippen molar-refractivity contribution in [3.05, 3.63) is 0 Å². The normalized spacial score (nSPS) is 27.8. The van der Waals surface area contributed by atoms with Crippen LogP contribution in [0.4, 0.5) is 0 Å². The molecule has 1 aliphatic rings. The van der Waals surface area contributed by atoms with Gasteiger partial charge in [0.1, 0.15) is 0 Å². The first kappa shape index (κ1) is 12.9. The van der Waals surface area contributed by atoms with E-state index in [1.807, 2.05) is 0 Å². The Morgan fingerprint density at radius 3 is 2.80 bits per heavy atom. The van der Waals surface area contributed by atoms with Crippen LogP contribution >= 0.6 is 0 Å². The molecule has 0 aromatic rings. The van der Waals surface area contributed by atoms with Gasteiger partial charge >= 0.3 is 0 Å². The Morgan fingerprint density at radius 2 is 2.20 bits per heavy atom. The van der Waals surface area contributed by atoms with E-state index in [9.17, 15) is 5.11 Å². The predicted molar refractivity (Wildman–Crippen MR) is 64.0 cm³/mol. The van der Waals surface area contributed by atoms with Crippen molar-refractivity contribution < 1.29 is 5.11 Å². The van der Waals surface area contributed by atoms with Gasteiger partial charge in [-0.3, -0.25) is 4.90 Å². The van der Waals surface area contributed by atoms with Crippen LogP contribution in [0, 0.1) is 5.92 Å². The van der Waals surface area contributed by atoms with Crippen LogP contribution in [0.15, 0.2) is 0 Å². The molecule has 3 heteroatoms. The number of aliphatic hydroxyl groups is 1. The first-order valence-electron chi connectivity index (χ1n) is 6.23. The average molecular weight is 214 g/mol. The highest BCUT2D eigenvalue weighted by Gasteiger charge is 2.29. The summed E-state index contributed by atoms with van der Waals surface area (Å²) in [6.45, 7) is 10.3. The zero-order chi connectivity index (χ0) is 11.3. The fraction of sp³-hybridized carbons (Fsp3) is 1.00. The molecule has 0 radical (unpaired) electrons. The highest BCUT2D eigenvalue weighted by molar-refractivity contribution is 4.83. The van der Waals surface area contributed by atoms with Gasteiger partial charge in [-0.15, -0.1) is 0 Å². The molecule has 90 valence electrons. The van der Waals surface area contributed by atoms with Crippen molar-refractivity contribution in [1.29, 1.82) is 0 Å². The van der Waals surface area contributed by atoms with Crippen LogP contribution in [-0.2, 0) is 0 Å². The van der Waals surface area contributed by atoms with E-state index in [0.717, 1.165) is 19.6 Å². The zero-order valence-corrected chi connectivity index (χ0v) is 10.4. The second kappa shape index (κ2) is 6.46. The molecule has 0 aromatic carbocycles. The lowest BCUT2D eigenvalue weighted by molar-refractivity contribution is 0.138. The van der Waals surface area contributed by atoms with Gasteiger partial charge in [-0.2, -0.15) is 0 Å². The van der Waals surface area contributed by atoms with Crippen LogP contribution in [-0.4, -0.2) is 48.3 Å². The topological polar surface area (TPSA) is 35.5 Å². The summed E-state index contributed by atoms with van der Waals surface area (Å²) in [5.74, 6) is 0.660. The summed E-state index contributed by atoms with van der Waals surface area (Å²) in [4.78, 5) is 2.44. The van der Waals surface area contributed by atoms with E-state index < -0.39 is 0 Å². The Kier molecular flexibility index (Phi) is 5.58. The molecule has 1 fully saturated rings. The van der Waals surface area contributed by atoms with Gasteiger partial charge in [0.25, 0.3) is 0 Å². The summed E-state index contributed by atoms with van der Waals surface area (Å²) >= 11 is 0. The Hall–Kier alpha value is -0.120. The largest absolute Gasteiger partial charge is 0.395 e. The molecule has 0 aromatic heterocycles. The van der Waals surface area contributed by atoms with Crippen molar-refractivity contribution in [3.63, 3.8) is 0 Å². The average Bonchev–Trinajstić information content (AvgIpc) is 2.53. The van der Waals surface area contributed by atoms with Crippen LogP contribution in [0.1, 0.15) is 33.6 Å². The summed E-state index contributed by atoms with van der Waals surface area (Å²) in [5.41, 5.74) is 0. The van der Waals surface area contributed by atoms with E-state index in [2.05, 4.69) is 31.0 Å². The molecule has 0 bridgehead atoms. The van der Waals surface area contributed by atoms with Crippen molar-refractivity contribution in [2.45, 2.75) is 45.7 Å². The summed E-state index contributed by atoms with van der Waals surface area (Å²) < 4.78 is 0. The van der Waals surface area contributed by atoms with E-state index in [1.54, 1.807) is 0 Å². The third kappa shape index (κ3) is 4.09. The van der Waals surface area contributed by atoms with Gasteiger partial charge in [0.15, 0.2) is 0 Å². The molecule has 1 saturated heterocycles. The third-order valence-corrected chi connectivity index (χ3v) is 3.36. The van der Waals surface area contributed by atoms with Crippen molar-refractivity contribution in [3.8, 4) is 0 Å². The monoisotopic (exact) mass is 214 g/mol. The van der Waals surface area contributed by atoms with E-state index in [-0.39, 0.29) is 0 Å². The molecule has 2 atom stereocenters. The number of likely N-dealkylation sites (tertiary alicyclic amines) is 1. The molecule has 0 saturated carbocycles. The summed E-state index contributed by atoms with van der Waals surface area (Å²) in [7, 11) is 0. The van der Waals surface area contributed by atoms with Crippen molar-refractivity contribution in [2.75, 3.05) is 26.2 Å². The molecule has 1 rings (SSSR count). The van der Waals surface area contributed by atoms with Gasteiger partial charge < -0.3 is 10.4 Å².